The Labute approximate surface area is 198 Å². The largest absolute Gasteiger partial charge is 0.357 e. The molecule has 2 N–H and O–H groups in total. The molecule has 1 aliphatic heterocycles. The lowest BCUT2D eigenvalue weighted by atomic mass is 9.85. The van der Waals surface area contributed by atoms with Crippen LogP contribution >= 0.6 is 24.0 Å². The Kier molecular flexibility index (Phi) is 10.1. The first-order chi connectivity index (χ1) is 14.1. The van der Waals surface area contributed by atoms with Gasteiger partial charge in [0.1, 0.15) is 0 Å². The summed E-state index contributed by atoms with van der Waals surface area (Å²) in [4.78, 5) is 33.8. The second-order valence-corrected chi connectivity index (χ2v) is 8.53. The van der Waals surface area contributed by atoms with Gasteiger partial charge in [-0.3, -0.25) is 19.5 Å². The fourth-order valence-electron chi connectivity index (χ4n) is 4.85. The third-order valence-corrected chi connectivity index (χ3v) is 6.39. The van der Waals surface area contributed by atoms with E-state index in [0.717, 1.165) is 38.6 Å². The van der Waals surface area contributed by atoms with Crippen LogP contribution in [0.15, 0.2) is 17.1 Å². The Balaban J connectivity index is 0.00000320. The van der Waals surface area contributed by atoms with Crippen LogP contribution in [0.3, 0.4) is 0 Å². The van der Waals surface area contributed by atoms with E-state index in [0.29, 0.717) is 19.5 Å². The van der Waals surface area contributed by atoms with Crippen LogP contribution in [0.1, 0.15) is 39.5 Å². The predicted octanol–water partition coefficient (Wildman–Crippen LogP) is 2.09. The van der Waals surface area contributed by atoms with Crippen molar-refractivity contribution in [1.29, 1.82) is 0 Å². The molecule has 3 rings (SSSR count). The van der Waals surface area contributed by atoms with Crippen molar-refractivity contribution < 1.29 is 9.59 Å². The predicted molar refractivity (Wildman–Crippen MR) is 131 cm³/mol. The summed E-state index contributed by atoms with van der Waals surface area (Å²) in [5, 5.41) is 6.63. The average molecular weight is 531 g/mol. The molecule has 1 heterocycles. The Morgan fingerprint density at radius 1 is 1.10 bits per heavy atom. The second kappa shape index (κ2) is 12.0. The van der Waals surface area contributed by atoms with Crippen LogP contribution < -0.4 is 10.6 Å². The number of likely N-dealkylation sites (tertiary alicyclic amines) is 1. The van der Waals surface area contributed by atoms with Crippen LogP contribution in [-0.2, 0) is 9.59 Å². The van der Waals surface area contributed by atoms with Gasteiger partial charge in [0.25, 0.3) is 0 Å². The van der Waals surface area contributed by atoms with Gasteiger partial charge in [-0.15, -0.1) is 24.0 Å². The number of hydrogen-bond acceptors (Lipinski definition) is 4. The standard InChI is InChI=1S/C22H37N5O2.HI/c1-4-6-12-26(3)14-11-25-22(23-5-2)24-10-7-13-27-20(28)18-16-8-9-17(15-16)19(18)21(27)29;/h8-9,16-19H,4-7,10-15H2,1-3H3,(H2,23,24,25);1H. The minimum atomic E-state index is -0.0929. The number of amides is 2. The highest BCUT2D eigenvalue weighted by molar-refractivity contribution is 14.0. The van der Waals surface area contributed by atoms with Crippen molar-refractivity contribution in [3.05, 3.63) is 12.2 Å². The van der Waals surface area contributed by atoms with Crippen LogP contribution in [0.25, 0.3) is 0 Å². The molecule has 0 radical (unpaired) electrons. The number of carbonyl (C=O) groups is 2. The summed E-state index contributed by atoms with van der Waals surface area (Å²) in [6.07, 6.45) is 8.39. The number of halogens is 1. The summed E-state index contributed by atoms with van der Waals surface area (Å²) in [6.45, 7) is 9.06. The molecule has 2 amide bonds. The molecule has 0 aromatic carbocycles. The number of carbonyl (C=O) groups excluding carboxylic acids is 2. The minimum absolute atomic E-state index is 0. The highest BCUT2D eigenvalue weighted by Gasteiger charge is 2.58. The molecule has 2 fully saturated rings. The SMILES string of the molecule is CCCCN(C)CCNC(=NCCCN1C(=O)C2C3C=CC(C3)C2C1=O)NCC.I. The number of fused-ring (bicyclic) bond motifs is 5. The van der Waals surface area contributed by atoms with Gasteiger partial charge in [0.05, 0.1) is 11.8 Å². The quantitative estimate of drug-likeness (QED) is 0.107. The summed E-state index contributed by atoms with van der Waals surface area (Å²) in [5.41, 5.74) is 0. The zero-order valence-corrected chi connectivity index (χ0v) is 20.9. The molecule has 0 aromatic rings. The molecule has 3 aliphatic rings. The summed E-state index contributed by atoms with van der Waals surface area (Å²) in [7, 11) is 2.14. The molecule has 2 aliphatic carbocycles. The van der Waals surface area contributed by atoms with Gasteiger partial charge in [-0.1, -0.05) is 25.5 Å². The molecular formula is C22H38IN5O2. The first-order valence-electron chi connectivity index (χ1n) is 11.3. The van der Waals surface area contributed by atoms with E-state index >= 15 is 0 Å². The molecule has 30 heavy (non-hydrogen) atoms. The molecule has 1 saturated carbocycles. The minimum Gasteiger partial charge on any atom is -0.357 e. The van der Waals surface area contributed by atoms with Gasteiger partial charge in [0, 0.05) is 32.7 Å². The molecule has 4 atom stereocenters. The third-order valence-electron chi connectivity index (χ3n) is 6.39. The Morgan fingerprint density at radius 3 is 2.37 bits per heavy atom. The van der Waals surface area contributed by atoms with Crippen molar-refractivity contribution in [2.75, 3.05) is 46.3 Å². The van der Waals surface area contributed by atoms with E-state index in [1.54, 1.807) is 0 Å². The van der Waals surface area contributed by atoms with E-state index in [4.69, 9.17) is 0 Å². The summed E-state index contributed by atoms with van der Waals surface area (Å²) in [5.74, 6) is 1.26. The fourth-order valence-corrected chi connectivity index (χ4v) is 4.85. The molecule has 1 saturated heterocycles. The smallest absolute Gasteiger partial charge is 0.233 e. The maximum absolute atomic E-state index is 12.7. The van der Waals surface area contributed by atoms with E-state index in [1.165, 1.54) is 17.7 Å². The molecule has 7 nitrogen and oxygen atoms in total. The fraction of sp³-hybridized carbons (Fsp3) is 0.773. The zero-order chi connectivity index (χ0) is 20.8. The molecular weight excluding hydrogens is 493 g/mol. The normalized spacial score (nSPS) is 27.1. The second-order valence-electron chi connectivity index (χ2n) is 8.53. The first-order valence-corrected chi connectivity index (χ1v) is 11.3. The molecule has 170 valence electrons. The maximum atomic E-state index is 12.7. The molecule has 8 heteroatoms. The number of nitrogens with one attached hydrogen (secondary N) is 2. The number of aliphatic imine (C=N–C) groups is 1. The lowest BCUT2D eigenvalue weighted by Gasteiger charge is -2.18. The van der Waals surface area contributed by atoms with Gasteiger partial charge < -0.3 is 15.5 Å². The number of guanidine groups is 1. The van der Waals surface area contributed by atoms with Crippen molar-refractivity contribution in [2.45, 2.75) is 39.5 Å². The lowest BCUT2D eigenvalue weighted by molar-refractivity contribution is -0.140. The molecule has 2 bridgehead atoms. The molecule has 0 aromatic heterocycles. The van der Waals surface area contributed by atoms with E-state index in [9.17, 15) is 9.59 Å². The van der Waals surface area contributed by atoms with Crippen molar-refractivity contribution in [1.82, 2.24) is 20.4 Å². The van der Waals surface area contributed by atoms with Gasteiger partial charge in [-0.05, 0) is 51.6 Å². The Hall–Kier alpha value is -1.16. The highest BCUT2D eigenvalue weighted by Crippen LogP contribution is 2.52. The van der Waals surface area contributed by atoms with Crippen molar-refractivity contribution in [2.24, 2.45) is 28.7 Å². The van der Waals surface area contributed by atoms with E-state index in [-0.39, 0.29) is 59.5 Å². The number of likely N-dealkylation sites (N-methyl/N-ethyl adjacent to an activating group) is 1. The number of imide groups is 1. The van der Waals surface area contributed by atoms with Gasteiger partial charge in [-0.25, -0.2) is 0 Å². The molecule has 4 unspecified atom stereocenters. The van der Waals surface area contributed by atoms with E-state index in [1.807, 2.05) is 6.92 Å². The van der Waals surface area contributed by atoms with Crippen molar-refractivity contribution in [3.8, 4) is 0 Å². The van der Waals surface area contributed by atoms with Crippen LogP contribution in [0.5, 0.6) is 0 Å². The van der Waals surface area contributed by atoms with Crippen molar-refractivity contribution in [3.63, 3.8) is 0 Å². The van der Waals surface area contributed by atoms with Gasteiger partial charge in [0.2, 0.25) is 11.8 Å². The number of hydrogen-bond donors (Lipinski definition) is 2. The average Bonchev–Trinajstić information content (AvgIpc) is 3.38. The lowest BCUT2D eigenvalue weighted by Crippen LogP contribution is -2.41. The summed E-state index contributed by atoms with van der Waals surface area (Å²) >= 11 is 0. The van der Waals surface area contributed by atoms with Crippen LogP contribution in [0.2, 0.25) is 0 Å². The van der Waals surface area contributed by atoms with Gasteiger partial charge >= 0.3 is 0 Å². The van der Waals surface area contributed by atoms with E-state index < -0.39 is 0 Å². The first kappa shape index (κ1) is 25.1. The monoisotopic (exact) mass is 531 g/mol. The van der Waals surface area contributed by atoms with Gasteiger partial charge in [0.15, 0.2) is 5.96 Å². The Bertz CT molecular complexity index is 623. The number of nitrogens with zero attached hydrogens (tertiary/aromatic N) is 3. The number of unbranched alkanes of at least 4 members (excludes halogenated alkanes) is 1. The third kappa shape index (κ3) is 5.75. The molecule has 0 spiro atoms. The maximum Gasteiger partial charge on any atom is 0.233 e. The van der Waals surface area contributed by atoms with E-state index in [2.05, 4.69) is 46.6 Å². The Morgan fingerprint density at radius 2 is 1.77 bits per heavy atom. The van der Waals surface area contributed by atoms with Crippen LogP contribution in [0.4, 0.5) is 0 Å². The van der Waals surface area contributed by atoms with Crippen LogP contribution in [-0.4, -0.2) is 73.9 Å². The summed E-state index contributed by atoms with van der Waals surface area (Å²) < 4.78 is 0. The zero-order valence-electron chi connectivity index (χ0n) is 18.6. The highest BCUT2D eigenvalue weighted by atomic mass is 127. The number of allylic oxidation sites excluding steroid dienone is 2. The van der Waals surface area contributed by atoms with Crippen molar-refractivity contribution >= 4 is 41.8 Å². The van der Waals surface area contributed by atoms with Crippen LogP contribution in [0, 0.1) is 23.7 Å². The topological polar surface area (TPSA) is 77.0 Å². The van der Waals surface area contributed by atoms with Gasteiger partial charge in [-0.2, -0.15) is 0 Å². The summed E-state index contributed by atoms with van der Waals surface area (Å²) in [6, 6.07) is 0. The number of rotatable bonds is 11.